The van der Waals surface area contributed by atoms with Gasteiger partial charge < -0.3 is 9.64 Å². The van der Waals surface area contributed by atoms with E-state index in [0.29, 0.717) is 54.3 Å². The Balaban J connectivity index is 1.41. The molecule has 206 valence electrons. The Labute approximate surface area is 242 Å². The Morgan fingerprint density at radius 3 is 2.38 bits per heavy atom. The Bertz CT molecular complexity index is 1950. The maximum Gasteiger partial charge on any atom is 0.254 e. The van der Waals surface area contributed by atoms with Gasteiger partial charge in [0.25, 0.3) is 5.91 Å². The monoisotopic (exact) mass is 553 g/mol. The molecule has 1 aromatic heterocycles. The van der Waals surface area contributed by atoms with Crippen molar-refractivity contribution in [1.82, 2.24) is 9.88 Å². The molecule has 0 unspecified atom stereocenters. The highest BCUT2D eigenvalue weighted by Gasteiger charge is 2.34. The number of pyridine rings is 1. The highest BCUT2D eigenvalue weighted by Crippen LogP contribution is 2.37. The van der Waals surface area contributed by atoms with Crippen LogP contribution >= 0.6 is 0 Å². The van der Waals surface area contributed by atoms with Gasteiger partial charge in [-0.05, 0) is 52.7 Å². The molecule has 7 nitrogen and oxygen atoms in total. The van der Waals surface area contributed by atoms with Gasteiger partial charge in [-0.15, -0.1) is 0 Å². The molecule has 7 rings (SSSR count). The molecule has 42 heavy (non-hydrogen) atoms. The average molecular weight is 554 g/mol. The zero-order valence-electron chi connectivity index (χ0n) is 23.0. The van der Waals surface area contributed by atoms with Crippen LogP contribution in [0.15, 0.2) is 96.7 Å². The van der Waals surface area contributed by atoms with Crippen LogP contribution in [0.4, 0.5) is 5.69 Å². The largest absolute Gasteiger partial charge is 0.378 e. The molecule has 0 spiro atoms. The van der Waals surface area contributed by atoms with Crippen molar-refractivity contribution in [2.45, 2.75) is 6.92 Å². The summed E-state index contributed by atoms with van der Waals surface area (Å²) in [5, 5.41) is 2.94. The van der Waals surface area contributed by atoms with Crippen LogP contribution in [0.2, 0.25) is 0 Å². The van der Waals surface area contributed by atoms with Crippen LogP contribution in [0.5, 0.6) is 0 Å². The van der Waals surface area contributed by atoms with Gasteiger partial charge in [-0.25, -0.2) is 4.98 Å². The Morgan fingerprint density at radius 1 is 0.810 bits per heavy atom. The van der Waals surface area contributed by atoms with Gasteiger partial charge in [-0.1, -0.05) is 60.7 Å². The number of aromatic nitrogens is 1. The molecule has 0 bridgehead atoms. The third-order valence-electron chi connectivity index (χ3n) is 7.90. The first-order valence-corrected chi connectivity index (χ1v) is 14.0. The minimum absolute atomic E-state index is 0.0423. The van der Waals surface area contributed by atoms with Gasteiger partial charge in [-0.3, -0.25) is 19.3 Å². The number of carbonyl (C=O) groups excluding carboxylic acids is 3. The number of hydrogen-bond acceptors (Lipinski definition) is 5. The number of anilines is 1. The molecule has 0 aliphatic carbocycles. The van der Waals surface area contributed by atoms with Crippen LogP contribution < -0.4 is 4.90 Å². The molecule has 2 aliphatic heterocycles. The van der Waals surface area contributed by atoms with Crippen molar-refractivity contribution in [2.75, 3.05) is 31.2 Å². The third-order valence-corrected chi connectivity index (χ3v) is 7.90. The quantitative estimate of drug-likeness (QED) is 0.252. The lowest BCUT2D eigenvalue weighted by Gasteiger charge is -2.27. The first-order valence-electron chi connectivity index (χ1n) is 14.0. The number of rotatable bonds is 3. The second-order valence-electron chi connectivity index (χ2n) is 10.5. The summed E-state index contributed by atoms with van der Waals surface area (Å²) in [7, 11) is 0. The van der Waals surface area contributed by atoms with Crippen LogP contribution in [0.1, 0.15) is 33.3 Å². The topological polar surface area (TPSA) is 79.8 Å². The molecule has 1 fully saturated rings. The number of fused-ring (bicyclic) bond motifs is 3. The van der Waals surface area contributed by atoms with E-state index < -0.39 is 0 Å². The number of benzene rings is 4. The number of allylic oxidation sites excluding steroid dienone is 1. The van der Waals surface area contributed by atoms with Gasteiger partial charge in [0.1, 0.15) is 0 Å². The van der Waals surface area contributed by atoms with Crippen molar-refractivity contribution >= 4 is 51.0 Å². The molecule has 1 saturated heterocycles. The van der Waals surface area contributed by atoms with Gasteiger partial charge in [0.2, 0.25) is 11.7 Å². The lowest BCUT2D eigenvalue weighted by molar-refractivity contribution is -0.116. The van der Waals surface area contributed by atoms with E-state index in [0.717, 1.165) is 27.3 Å². The van der Waals surface area contributed by atoms with E-state index in [1.165, 1.54) is 11.8 Å². The van der Waals surface area contributed by atoms with Crippen LogP contribution in [0.25, 0.3) is 38.9 Å². The third kappa shape index (κ3) is 4.35. The number of amides is 2. The zero-order chi connectivity index (χ0) is 28.8. The second-order valence-corrected chi connectivity index (χ2v) is 10.5. The lowest BCUT2D eigenvalue weighted by Crippen LogP contribution is -2.40. The molecular formula is C35H27N3O4. The molecule has 4 aromatic carbocycles. The number of ketones is 1. The summed E-state index contributed by atoms with van der Waals surface area (Å²) in [5.74, 6) is -0.509. The SMILES string of the molecule is CC(=O)N1C(=Cc2ccc3cc(C(=O)N4CCOCC4)cc(-c4cccc5ccccc45)c3n2)C(=O)c2ccccc21. The van der Waals surface area contributed by atoms with E-state index >= 15 is 0 Å². The normalized spacial score (nSPS) is 15.9. The van der Waals surface area contributed by atoms with Crippen LogP contribution in [-0.2, 0) is 9.53 Å². The van der Waals surface area contributed by atoms with E-state index in [2.05, 4.69) is 18.2 Å². The number of hydrogen-bond donors (Lipinski definition) is 0. The summed E-state index contributed by atoms with van der Waals surface area (Å²) in [6.07, 6.45) is 1.67. The fourth-order valence-electron chi connectivity index (χ4n) is 5.91. The van der Waals surface area contributed by atoms with E-state index in [9.17, 15) is 14.4 Å². The number of morpholine rings is 1. The van der Waals surface area contributed by atoms with Crippen molar-refractivity contribution in [3.8, 4) is 11.1 Å². The summed E-state index contributed by atoms with van der Waals surface area (Å²) in [6.45, 7) is 3.59. The number of para-hydroxylation sites is 1. The average Bonchev–Trinajstić information content (AvgIpc) is 3.31. The summed E-state index contributed by atoms with van der Waals surface area (Å²) in [5.41, 5.74) is 4.94. The number of carbonyl (C=O) groups is 3. The highest BCUT2D eigenvalue weighted by molar-refractivity contribution is 6.26. The van der Waals surface area contributed by atoms with E-state index in [4.69, 9.17) is 9.72 Å². The van der Waals surface area contributed by atoms with Crippen LogP contribution in [0.3, 0.4) is 0 Å². The predicted molar refractivity (Wildman–Crippen MR) is 163 cm³/mol. The van der Waals surface area contributed by atoms with Gasteiger partial charge in [0, 0.05) is 42.1 Å². The summed E-state index contributed by atoms with van der Waals surface area (Å²) < 4.78 is 5.46. The second kappa shape index (κ2) is 10.4. The van der Waals surface area contributed by atoms with E-state index in [1.54, 1.807) is 24.3 Å². The molecule has 0 N–H and O–H groups in total. The fraction of sp³-hybridized carbons (Fsp3) is 0.143. The smallest absolute Gasteiger partial charge is 0.254 e. The van der Waals surface area contributed by atoms with Crippen molar-refractivity contribution in [3.05, 3.63) is 114 Å². The summed E-state index contributed by atoms with van der Waals surface area (Å²) in [6, 6.07) is 28.9. The minimum atomic E-state index is -0.247. The van der Waals surface area contributed by atoms with E-state index in [-0.39, 0.29) is 23.3 Å². The van der Waals surface area contributed by atoms with Gasteiger partial charge in [0.15, 0.2) is 0 Å². The first kappa shape index (κ1) is 25.8. The predicted octanol–water partition coefficient (Wildman–Crippen LogP) is 6.12. The fourth-order valence-corrected chi connectivity index (χ4v) is 5.91. The highest BCUT2D eigenvalue weighted by atomic mass is 16.5. The Kier molecular flexibility index (Phi) is 6.36. The molecule has 7 heteroatoms. The molecule has 3 heterocycles. The molecule has 0 atom stereocenters. The standard InChI is InChI=1S/C35H27N3O4/c1-22(39)38-31-12-5-4-10-29(31)34(40)32(38)21-26-14-13-24-19-25(35(41)37-15-17-42-18-16-37)20-30(33(24)36-26)28-11-6-8-23-7-2-3-9-27(23)28/h2-14,19-21H,15-18H2,1H3. The molecule has 2 amide bonds. The summed E-state index contributed by atoms with van der Waals surface area (Å²) >= 11 is 0. The number of Topliss-reactive ketones (excluding diaryl/α,β-unsaturated/α-hetero) is 1. The summed E-state index contributed by atoms with van der Waals surface area (Å²) in [4.78, 5) is 47.9. The van der Waals surface area contributed by atoms with Gasteiger partial charge in [0.05, 0.1) is 35.8 Å². The number of nitrogens with zero attached hydrogens (tertiary/aromatic N) is 3. The minimum Gasteiger partial charge on any atom is -0.378 e. The molecular weight excluding hydrogens is 526 g/mol. The van der Waals surface area contributed by atoms with Gasteiger partial charge in [-0.2, -0.15) is 0 Å². The van der Waals surface area contributed by atoms with Crippen molar-refractivity contribution in [1.29, 1.82) is 0 Å². The lowest BCUT2D eigenvalue weighted by atomic mass is 9.94. The maximum absolute atomic E-state index is 13.6. The van der Waals surface area contributed by atoms with Crippen molar-refractivity contribution in [2.24, 2.45) is 0 Å². The molecule has 5 aromatic rings. The molecule has 0 radical (unpaired) electrons. The van der Waals surface area contributed by atoms with Crippen LogP contribution in [-0.4, -0.2) is 53.8 Å². The van der Waals surface area contributed by atoms with Gasteiger partial charge >= 0.3 is 0 Å². The van der Waals surface area contributed by atoms with E-state index in [1.807, 2.05) is 59.5 Å². The first-order chi connectivity index (χ1) is 20.5. The maximum atomic E-state index is 13.6. The Hall–Kier alpha value is -5.14. The zero-order valence-corrected chi connectivity index (χ0v) is 23.0. The molecule has 0 saturated carbocycles. The Morgan fingerprint density at radius 2 is 1.55 bits per heavy atom. The van der Waals surface area contributed by atoms with Crippen LogP contribution in [0, 0.1) is 0 Å². The van der Waals surface area contributed by atoms with Crippen molar-refractivity contribution < 1.29 is 19.1 Å². The van der Waals surface area contributed by atoms with Crippen molar-refractivity contribution in [3.63, 3.8) is 0 Å². The molecule has 2 aliphatic rings. The number of ether oxygens (including phenoxy) is 1.